The Kier molecular flexibility index (Phi) is 2.65. The predicted octanol–water partition coefficient (Wildman–Crippen LogP) is -0.549. The van der Waals surface area contributed by atoms with Gasteiger partial charge in [0, 0.05) is 14.2 Å². The molecule has 1 aliphatic rings. The number of hydrogen-bond donors (Lipinski definition) is 1. The van der Waals surface area contributed by atoms with E-state index in [0.29, 0.717) is 0 Å². The van der Waals surface area contributed by atoms with Crippen LogP contribution in [0.5, 0.6) is 0 Å². The average molecular weight is 219 g/mol. The van der Waals surface area contributed by atoms with Gasteiger partial charge in [0.1, 0.15) is 0 Å². The van der Waals surface area contributed by atoms with Gasteiger partial charge in [-0.3, -0.25) is 13.8 Å². The molecule has 7 nitrogen and oxygen atoms in total. The van der Waals surface area contributed by atoms with Crippen LogP contribution >= 0.6 is 7.75 Å². The molecule has 1 rings (SSSR count). The fourth-order valence-corrected chi connectivity index (χ4v) is 2.58. The molecule has 1 aliphatic heterocycles. The molecule has 2 unspecified atom stereocenters. The molecule has 8 heteroatoms. The predicted molar refractivity (Wildman–Crippen MR) is 45.9 cm³/mol. The van der Waals surface area contributed by atoms with Crippen molar-refractivity contribution in [2.45, 2.75) is 5.54 Å². The summed E-state index contributed by atoms with van der Waals surface area (Å²) in [6.45, 7) is -0.0300. The molecule has 0 bridgehead atoms. The van der Waals surface area contributed by atoms with Gasteiger partial charge < -0.3 is 5.73 Å². The Bertz CT molecular complexity index is 343. The monoisotopic (exact) mass is 219 g/mol. The number of nitrogens with zero attached hydrogens (tertiary/aromatic N) is 2. The summed E-state index contributed by atoms with van der Waals surface area (Å²) in [6.07, 6.45) is 0. The van der Waals surface area contributed by atoms with Crippen molar-refractivity contribution in [3.05, 3.63) is 0 Å². The highest BCUT2D eigenvalue weighted by atomic mass is 31.2. The number of nitrogens with two attached hydrogens (primary N) is 1. The summed E-state index contributed by atoms with van der Waals surface area (Å²) < 4.78 is 22.0. The van der Waals surface area contributed by atoms with Crippen molar-refractivity contribution in [1.82, 2.24) is 4.67 Å². The summed E-state index contributed by atoms with van der Waals surface area (Å²) in [5, 5.41) is 8.73. The number of rotatable bonds is 4. The lowest BCUT2D eigenvalue weighted by Gasteiger charge is -2.15. The second-order valence-electron chi connectivity index (χ2n) is 2.73. The standard InChI is InChI=1S/C6H10N3O4P/c1-12-14(11,13-2)9-4-6(9,3-7)5(8)10/h4H2,1-2H3,(H2,8,10). The normalized spacial score (nSPS) is 30.8. The number of hydrogen-bond acceptors (Lipinski definition) is 5. The summed E-state index contributed by atoms with van der Waals surface area (Å²) in [5.74, 6) is -0.852. The molecule has 0 saturated carbocycles. The van der Waals surface area contributed by atoms with E-state index in [1.54, 1.807) is 6.07 Å². The summed E-state index contributed by atoms with van der Waals surface area (Å²) in [4.78, 5) is 10.9. The lowest BCUT2D eigenvalue weighted by atomic mass is 10.2. The lowest BCUT2D eigenvalue weighted by molar-refractivity contribution is -0.119. The molecule has 2 atom stereocenters. The van der Waals surface area contributed by atoms with Crippen LogP contribution in [-0.2, 0) is 18.4 Å². The van der Waals surface area contributed by atoms with Gasteiger partial charge in [-0.05, 0) is 0 Å². The zero-order valence-corrected chi connectivity index (χ0v) is 8.65. The highest BCUT2D eigenvalue weighted by Crippen LogP contribution is 2.61. The zero-order chi connectivity index (χ0) is 11.0. The number of nitriles is 1. The van der Waals surface area contributed by atoms with Crippen molar-refractivity contribution < 1.29 is 18.4 Å². The maximum Gasteiger partial charge on any atom is 0.409 e. The van der Waals surface area contributed by atoms with Crippen LogP contribution in [0.15, 0.2) is 0 Å². The average Bonchev–Trinajstić information content (AvgIpc) is 2.93. The van der Waals surface area contributed by atoms with Gasteiger partial charge in [-0.25, -0.2) is 4.57 Å². The molecule has 1 heterocycles. The Labute approximate surface area is 81.0 Å². The van der Waals surface area contributed by atoms with Crippen LogP contribution in [0.4, 0.5) is 0 Å². The molecule has 0 aromatic rings. The number of amides is 1. The Hall–Kier alpha value is -0.930. The van der Waals surface area contributed by atoms with Crippen LogP contribution in [0, 0.1) is 11.3 Å². The van der Waals surface area contributed by atoms with Gasteiger partial charge in [0.25, 0.3) is 5.91 Å². The summed E-state index contributed by atoms with van der Waals surface area (Å²) in [6, 6.07) is 1.70. The van der Waals surface area contributed by atoms with Crippen LogP contribution in [0.1, 0.15) is 0 Å². The van der Waals surface area contributed by atoms with Crippen molar-refractivity contribution >= 4 is 13.7 Å². The summed E-state index contributed by atoms with van der Waals surface area (Å²) in [5.41, 5.74) is 3.46. The lowest BCUT2D eigenvalue weighted by Crippen LogP contribution is -2.34. The third-order valence-electron chi connectivity index (χ3n) is 2.07. The van der Waals surface area contributed by atoms with Crippen molar-refractivity contribution in [2.24, 2.45) is 5.73 Å². The molecule has 1 fully saturated rings. The fraction of sp³-hybridized carbons (Fsp3) is 0.667. The molecule has 1 amide bonds. The Morgan fingerprint density at radius 2 is 2.14 bits per heavy atom. The van der Waals surface area contributed by atoms with Crippen LogP contribution in [-0.4, -0.2) is 36.9 Å². The van der Waals surface area contributed by atoms with Gasteiger partial charge in [-0.2, -0.15) is 9.93 Å². The molecule has 0 aromatic heterocycles. The Morgan fingerprint density at radius 1 is 1.64 bits per heavy atom. The van der Waals surface area contributed by atoms with Gasteiger partial charge in [0.05, 0.1) is 12.6 Å². The van der Waals surface area contributed by atoms with Crippen LogP contribution in [0.25, 0.3) is 0 Å². The molecule has 0 radical (unpaired) electrons. The number of carbonyl (C=O) groups is 1. The van der Waals surface area contributed by atoms with Crippen LogP contribution in [0.3, 0.4) is 0 Å². The molecule has 0 aliphatic carbocycles. The Morgan fingerprint density at radius 3 is 2.36 bits per heavy atom. The van der Waals surface area contributed by atoms with E-state index < -0.39 is 19.2 Å². The van der Waals surface area contributed by atoms with Crippen molar-refractivity contribution in [3.63, 3.8) is 0 Å². The minimum absolute atomic E-state index is 0.0300. The van der Waals surface area contributed by atoms with Gasteiger partial charge >= 0.3 is 7.75 Å². The van der Waals surface area contributed by atoms with Crippen molar-refractivity contribution in [1.29, 1.82) is 5.26 Å². The van der Waals surface area contributed by atoms with Gasteiger partial charge in [0.15, 0.2) is 0 Å². The summed E-state index contributed by atoms with van der Waals surface area (Å²) >= 11 is 0. The molecule has 0 aromatic carbocycles. The van der Waals surface area contributed by atoms with Crippen molar-refractivity contribution in [2.75, 3.05) is 20.8 Å². The van der Waals surface area contributed by atoms with Crippen LogP contribution in [0.2, 0.25) is 0 Å². The fourth-order valence-electron chi connectivity index (χ4n) is 1.10. The minimum atomic E-state index is -3.52. The number of carbonyl (C=O) groups excluding carboxylic acids is 1. The second-order valence-corrected chi connectivity index (χ2v) is 4.88. The second kappa shape index (κ2) is 3.33. The maximum absolute atomic E-state index is 11.7. The van der Waals surface area contributed by atoms with E-state index >= 15 is 0 Å². The van der Waals surface area contributed by atoms with E-state index in [2.05, 4.69) is 9.05 Å². The zero-order valence-electron chi connectivity index (χ0n) is 7.76. The molecular formula is C6H10N3O4P. The highest BCUT2D eigenvalue weighted by molar-refractivity contribution is 7.51. The SMILES string of the molecule is COP(=O)(OC)N1CC1(C#N)C(N)=O. The summed E-state index contributed by atoms with van der Waals surface area (Å²) in [7, 11) is -1.18. The van der Waals surface area contributed by atoms with Gasteiger partial charge in [0.2, 0.25) is 5.54 Å². The van der Waals surface area contributed by atoms with E-state index in [4.69, 9.17) is 11.0 Å². The Balaban J connectivity index is 2.94. The van der Waals surface area contributed by atoms with E-state index in [-0.39, 0.29) is 6.54 Å². The molecule has 1 saturated heterocycles. The first-order valence-electron chi connectivity index (χ1n) is 3.67. The largest absolute Gasteiger partial charge is 0.409 e. The molecule has 14 heavy (non-hydrogen) atoms. The van der Waals surface area contributed by atoms with E-state index in [1.807, 2.05) is 0 Å². The van der Waals surface area contributed by atoms with E-state index in [0.717, 1.165) is 4.67 Å². The number of primary amides is 1. The molecule has 78 valence electrons. The maximum atomic E-state index is 11.7. The van der Waals surface area contributed by atoms with Gasteiger partial charge in [-0.1, -0.05) is 0 Å². The third-order valence-corrected chi connectivity index (χ3v) is 4.06. The van der Waals surface area contributed by atoms with E-state index in [1.165, 1.54) is 14.2 Å². The smallest absolute Gasteiger partial charge is 0.367 e. The molecular weight excluding hydrogens is 209 g/mol. The van der Waals surface area contributed by atoms with E-state index in [9.17, 15) is 9.36 Å². The first kappa shape index (κ1) is 11.1. The third kappa shape index (κ3) is 1.33. The van der Waals surface area contributed by atoms with Crippen LogP contribution < -0.4 is 5.73 Å². The quantitative estimate of drug-likeness (QED) is 0.502. The molecule has 2 N–H and O–H groups in total. The topological polar surface area (TPSA) is 105 Å². The van der Waals surface area contributed by atoms with Gasteiger partial charge in [-0.15, -0.1) is 0 Å². The first-order valence-corrected chi connectivity index (χ1v) is 5.17. The highest BCUT2D eigenvalue weighted by Gasteiger charge is 2.67. The first-order chi connectivity index (χ1) is 6.46. The van der Waals surface area contributed by atoms with Crippen molar-refractivity contribution in [3.8, 4) is 6.07 Å². The minimum Gasteiger partial charge on any atom is -0.367 e. The molecule has 0 spiro atoms.